The van der Waals surface area contributed by atoms with Crippen LogP contribution in [0.4, 0.5) is 17.1 Å². The summed E-state index contributed by atoms with van der Waals surface area (Å²) in [7, 11) is 0. The first kappa shape index (κ1) is 24.8. The van der Waals surface area contributed by atoms with Crippen LogP contribution in [0, 0.1) is 26.1 Å². The molecule has 0 bridgehead atoms. The molecule has 1 saturated carbocycles. The SMILES string of the molecule is CC1CCCC1.C[C@H]1CCCN1c1cccc([N+](=O)[O-])c1.O=[N+]([O-])c1cccc(Br)c1. The first-order valence-electron chi connectivity index (χ1n) is 10.7. The van der Waals surface area contributed by atoms with Crippen LogP contribution in [0.1, 0.15) is 52.4 Å². The fourth-order valence-electron chi connectivity index (χ4n) is 3.82. The molecule has 0 N–H and O–H groups in total. The summed E-state index contributed by atoms with van der Waals surface area (Å²) in [4.78, 5) is 22.2. The second kappa shape index (κ2) is 12.4. The van der Waals surface area contributed by atoms with Gasteiger partial charge in [0.1, 0.15) is 0 Å². The van der Waals surface area contributed by atoms with Crippen molar-refractivity contribution in [3.05, 3.63) is 73.2 Å². The molecule has 7 nitrogen and oxygen atoms in total. The Morgan fingerprint density at radius 1 is 0.871 bits per heavy atom. The lowest BCUT2D eigenvalue weighted by atomic mass is 10.2. The van der Waals surface area contributed by atoms with Crippen LogP contribution in [-0.2, 0) is 0 Å². The quantitative estimate of drug-likeness (QED) is 0.336. The van der Waals surface area contributed by atoms with Gasteiger partial charge in [-0.2, -0.15) is 0 Å². The number of rotatable bonds is 3. The first-order valence-corrected chi connectivity index (χ1v) is 11.5. The summed E-state index contributed by atoms with van der Waals surface area (Å²) in [6.45, 7) is 5.50. The standard InChI is InChI=1S/C11H14N2O2.C6H4BrNO2.C6H12/c1-9-4-3-7-12(9)10-5-2-6-11(8-10)13(14)15;7-5-2-1-3-6(4-5)8(9)10;1-6-4-2-3-5-6/h2,5-6,8-9H,3-4,7H2,1H3;1-4H;6H,2-5H2,1H3/t9-;;/m0../s1. The van der Waals surface area contributed by atoms with Crippen molar-refractivity contribution in [2.45, 2.75) is 58.4 Å². The normalized spacial score (nSPS) is 17.9. The molecule has 8 heteroatoms. The third-order valence-corrected chi connectivity index (χ3v) is 6.08. The number of halogens is 1. The average Bonchev–Trinajstić information content (AvgIpc) is 3.40. The number of anilines is 1. The maximum atomic E-state index is 10.6. The van der Waals surface area contributed by atoms with Gasteiger partial charge in [0.05, 0.1) is 9.85 Å². The molecular weight excluding hydrogens is 462 g/mol. The van der Waals surface area contributed by atoms with Gasteiger partial charge in [0.2, 0.25) is 0 Å². The molecule has 2 aromatic rings. The molecule has 0 spiro atoms. The number of nitro groups is 2. The molecule has 4 rings (SSSR count). The van der Waals surface area contributed by atoms with Crippen molar-refractivity contribution in [1.29, 1.82) is 0 Å². The summed E-state index contributed by atoms with van der Waals surface area (Å²) in [5.41, 5.74) is 1.25. The summed E-state index contributed by atoms with van der Waals surface area (Å²) in [5.74, 6) is 1.05. The Hall–Kier alpha value is -2.48. The van der Waals surface area contributed by atoms with Gasteiger partial charge >= 0.3 is 0 Å². The zero-order valence-electron chi connectivity index (χ0n) is 18.1. The van der Waals surface area contributed by atoms with E-state index >= 15 is 0 Å². The molecule has 0 unspecified atom stereocenters. The van der Waals surface area contributed by atoms with E-state index in [-0.39, 0.29) is 16.3 Å². The zero-order chi connectivity index (χ0) is 22.8. The molecule has 1 saturated heterocycles. The second-order valence-corrected chi connectivity index (χ2v) is 9.00. The Bertz CT molecular complexity index is 871. The van der Waals surface area contributed by atoms with E-state index in [9.17, 15) is 20.2 Å². The predicted octanol–water partition coefficient (Wildman–Crippen LogP) is 7.14. The van der Waals surface area contributed by atoms with Crippen molar-refractivity contribution < 1.29 is 9.85 Å². The van der Waals surface area contributed by atoms with E-state index in [1.54, 1.807) is 24.3 Å². The van der Waals surface area contributed by atoms with Gasteiger partial charge in [0.15, 0.2) is 0 Å². The summed E-state index contributed by atoms with van der Waals surface area (Å²) in [5, 5.41) is 20.8. The van der Waals surface area contributed by atoms with Crippen molar-refractivity contribution in [3.63, 3.8) is 0 Å². The van der Waals surface area contributed by atoms with Gasteiger partial charge in [0, 0.05) is 47.0 Å². The van der Waals surface area contributed by atoms with Gasteiger partial charge in [-0.05, 0) is 37.8 Å². The van der Waals surface area contributed by atoms with Crippen molar-refractivity contribution in [2.24, 2.45) is 5.92 Å². The van der Waals surface area contributed by atoms with E-state index in [2.05, 4.69) is 34.7 Å². The van der Waals surface area contributed by atoms with E-state index in [1.165, 1.54) is 56.7 Å². The predicted molar refractivity (Wildman–Crippen MR) is 128 cm³/mol. The molecule has 0 amide bonds. The minimum absolute atomic E-state index is 0.106. The number of benzene rings is 2. The first-order chi connectivity index (χ1) is 14.8. The van der Waals surface area contributed by atoms with E-state index < -0.39 is 4.92 Å². The third-order valence-electron chi connectivity index (χ3n) is 5.59. The van der Waals surface area contributed by atoms with Crippen LogP contribution in [0.15, 0.2) is 53.0 Å². The molecule has 2 aliphatic rings. The fraction of sp³-hybridized carbons (Fsp3) is 0.478. The smallest absolute Gasteiger partial charge is 0.271 e. The van der Waals surface area contributed by atoms with Crippen LogP contribution in [0.5, 0.6) is 0 Å². The third kappa shape index (κ3) is 8.28. The van der Waals surface area contributed by atoms with Gasteiger partial charge in [-0.15, -0.1) is 0 Å². The molecule has 2 aromatic carbocycles. The second-order valence-electron chi connectivity index (χ2n) is 8.09. The number of nitro benzene ring substituents is 2. The maximum absolute atomic E-state index is 10.6. The van der Waals surface area contributed by atoms with Crippen LogP contribution in [0.2, 0.25) is 0 Å². The van der Waals surface area contributed by atoms with Crippen molar-refractivity contribution in [2.75, 3.05) is 11.4 Å². The molecular formula is C23H30BrN3O4. The molecule has 1 aliphatic carbocycles. The minimum Gasteiger partial charge on any atom is -0.369 e. The Labute approximate surface area is 191 Å². The lowest BCUT2D eigenvalue weighted by molar-refractivity contribution is -0.385. The summed E-state index contributed by atoms with van der Waals surface area (Å²) in [6, 6.07) is 13.6. The highest BCUT2D eigenvalue weighted by Gasteiger charge is 2.21. The molecule has 0 aromatic heterocycles. The molecule has 0 radical (unpaired) electrons. The van der Waals surface area contributed by atoms with E-state index in [4.69, 9.17) is 0 Å². The van der Waals surface area contributed by atoms with Crippen molar-refractivity contribution in [3.8, 4) is 0 Å². The van der Waals surface area contributed by atoms with E-state index in [1.807, 2.05) is 6.07 Å². The maximum Gasteiger partial charge on any atom is 0.271 e. The van der Waals surface area contributed by atoms with Crippen LogP contribution in [0.25, 0.3) is 0 Å². The van der Waals surface area contributed by atoms with Crippen LogP contribution < -0.4 is 4.90 Å². The van der Waals surface area contributed by atoms with Gasteiger partial charge < -0.3 is 4.90 Å². The van der Waals surface area contributed by atoms with Gasteiger partial charge in [-0.25, -0.2) is 0 Å². The molecule has 1 heterocycles. The molecule has 2 fully saturated rings. The Kier molecular flexibility index (Phi) is 9.91. The van der Waals surface area contributed by atoms with Crippen molar-refractivity contribution >= 4 is 33.0 Å². The Morgan fingerprint density at radius 2 is 1.45 bits per heavy atom. The number of non-ortho nitro benzene ring substituents is 2. The van der Waals surface area contributed by atoms with E-state index in [0.29, 0.717) is 6.04 Å². The minimum atomic E-state index is -0.426. The lowest BCUT2D eigenvalue weighted by Gasteiger charge is -2.23. The van der Waals surface area contributed by atoms with Crippen LogP contribution in [-0.4, -0.2) is 22.4 Å². The summed E-state index contributed by atoms with van der Waals surface area (Å²) in [6.07, 6.45) is 8.29. The molecule has 31 heavy (non-hydrogen) atoms. The molecule has 1 atom stereocenters. The average molecular weight is 492 g/mol. The largest absolute Gasteiger partial charge is 0.369 e. The topological polar surface area (TPSA) is 89.5 Å². The lowest BCUT2D eigenvalue weighted by Crippen LogP contribution is -2.26. The Morgan fingerprint density at radius 3 is 1.87 bits per heavy atom. The van der Waals surface area contributed by atoms with Gasteiger partial charge in [-0.1, -0.05) is 60.7 Å². The number of hydrogen-bond donors (Lipinski definition) is 0. The Balaban J connectivity index is 0.000000183. The molecule has 1 aliphatic heterocycles. The number of nitrogens with zero attached hydrogens (tertiary/aromatic N) is 3. The highest BCUT2D eigenvalue weighted by atomic mass is 79.9. The van der Waals surface area contributed by atoms with Crippen LogP contribution in [0.3, 0.4) is 0 Å². The van der Waals surface area contributed by atoms with Gasteiger partial charge in [0.25, 0.3) is 11.4 Å². The van der Waals surface area contributed by atoms with Gasteiger partial charge in [-0.3, -0.25) is 20.2 Å². The van der Waals surface area contributed by atoms with E-state index in [0.717, 1.165) is 22.6 Å². The van der Waals surface area contributed by atoms with Crippen LogP contribution >= 0.6 is 15.9 Å². The number of hydrogen-bond acceptors (Lipinski definition) is 5. The highest BCUT2D eigenvalue weighted by molar-refractivity contribution is 9.10. The summed E-state index contributed by atoms with van der Waals surface area (Å²) < 4.78 is 0.724. The fourth-order valence-corrected chi connectivity index (χ4v) is 4.21. The monoisotopic (exact) mass is 491 g/mol. The summed E-state index contributed by atoms with van der Waals surface area (Å²) >= 11 is 3.13. The highest BCUT2D eigenvalue weighted by Crippen LogP contribution is 2.28. The molecule has 168 valence electrons. The zero-order valence-corrected chi connectivity index (χ0v) is 19.7. The van der Waals surface area contributed by atoms with Crippen molar-refractivity contribution in [1.82, 2.24) is 0 Å².